The monoisotopic (exact) mass is 330 g/mol. The maximum absolute atomic E-state index is 12.4. The summed E-state index contributed by atoms with van der Waals surface area (Å²) >= 11 is 1.36. The number of anilines is 1. The van der Waals surface area contributed by atoms with E-state index in [-0.39, 0.29) is 5.91 Å². The second-order valence-corrected chi connectivity index (χ2v) is 6.59. The Morgan fingerprint density at radius 1 is 1.13 bits per heavy atom. The molecule has 2 aromatic rings. The molecule has 5 nitrogen and oxygen atoms in total. The summed E-state index contributed by atoms with van der Waals surface area (Å²) in [7, 11) is 0. The Labute approximate surface area is 138 Å². The molecule has 0 radical (unpaired) electrons. The molecular weight excluding hydrogens is 312 g/mol. The Morgan fingerprint density at radius 2 is 1.83 bits per heavy atom. The van der Waals surface area contributed by atoms with E-state index < -0.39 is 17.8 Å². The lowest BCUT2D eigenvalue weighted by molar-refractivity contribution is -0.147. The maximum atomic E-state index is 12.4. The zero-order valence-corrected chi connectivity index (χ0v) is 13.4. The minimum absolute atomic E-state index is 0.230. The first kappa shape index (κ1) is 15.7. The van der Waals surface area contributed by atoms with E-state index in [1.165, 1.54) is 11.3 Å². The van der Waals surface area contributed by atoms with Crippen LogP contribution in [0.15, 0.2) is 35.7 Å². The molecule has 3 rings (SSSR count). The van der Waals surface area contributed by atoms with Crippen LogP contribution in [0.3, 0.4) is 0 Å². The lowest BCUT2D eigenvalue weighted by Crippen LogP contribution is -2.36. The molecule has 2 N–H and O–H groups in total. The third kappa shape index (κ3) is 3.59. The molecule has 1 aliphatic rings. The van der Waals surface area contributed by atoms with Crippen LogP contribution < -0.4 is 5.32 Å². The van der Waals surface area contributed by atoms with Crippen LogP contribution in [0.5, 0.6) is 0 Å². The number of rotatable bonds is 4. The summed E-state index contributed by atoms with van der Waals surface area (Å²) in [6, 6.07) is 9.73. The van der Waals surface area contributed by atoms with Crippen molar-refractivity contribution in [2.45, 2.75) is 25.7 Å². The van der Waals surface area contributed by atoms with Gasteiger partial charge in [-0.1, -0.05) is 43.2 Å². The van der Waals surface area contributed by atoms with Crippen LogP contribution >= 0.6 is 11.3 Å². The molecule has 1 heterocycles. The zero-order valence-electron chi connectivity index (χ0n) is 12.6. The van der Waals surface area contributed by atoms with Crippen LogP contribution in [-0.2, 0) is 9.59 Å². The molecule has 1 aliphatic carbocycles. The summed E-state index contributed by atoms with van der Waals surface area (Å²) < 4.78 is 0. The molecule has 0 bridgehead atoms. The average molecular weight is 330 g/mol. The molecule has 0 saturated heterocycles. The fraction of sp³-hybridized carbons (Fsp3) is 0.353. The molecule has 6 heteroatoms. The number of carboxylic acids is 1. The number of nitrogens with one attached hydrogen (secondary N) is 1. The quantitative estimate of drug-likeness (QED) is 0.897. The minimum Gasteiger partial charge on any atom is -0.481 e. The SMILES string of the molecule is O=C(O)C1CCCCC1C(=O)Nc1nc(-c2ccccc2)cs1. The van der Waals surface area contributed by atoms with E-state index in [1.54, 1.807) is 0 Å². The van der Waals surface area contributed by atoms with Crippen molar-refractivity contribution < 1.29 is 14.7 Å². The van der Waals surface area contributed by atoms with Crippen molar-refractivity contribution in [2.75, 3.05) is 5.32 Å². The standard InChI is InChI=1S/C17H18N2O3S/c20-15(12-8-4-5-9-13(12)16(21)22)19-17-18-14(10-23-17)11-6-2-1-3-7-11/h1-3,6-7,10,12-13H,4-5,8-9H2,(H,21,22)(H,18,19,20). The topological polar surface area (TPSA) is 79.3 Å². The van der Waals surface area contributed by atoms with Crippen molar-refractivity contribution in [2.24, 2.45) is 11.8 Å². The highest BCUT2D eigenvalue weighted by atomic mass is 32.1. The van der Waals surface area contributed by atoms with Gasteiger partial charge >= 0.3 is 5.97 Å². The van der Waals surface area contributed by atoms with Gasteiger partial charge in [-0.3, -0.25) is 9.59 Å². The minimum atomic E-state index is -0.881. The summed E-state index contributed by atoms with van der Waals surface area (Å²) in [5.41, 5.74) is 1.80. The largest absolute Gasteiger partial charge is 0.481 e. The van der Waals surface area contributed by atoms with Crippen molar-refractivity contribution in [3.05, 3.63) is 35.7 Å². The maximum Gasteiger partial charge on any atom is 0.307 e. The van der Waals surface area contributed by atoms with E-state index in [0.717, 1.165) is 24.1 Å². The highest BCUT2D eigenvalue weighted by Crippen LogP contribution is 2.32. The first-order valence-electron chi connectivity index (χ1n) is 7.70. The number of amides is 1. The number of carbonyl (C=O) groups is 2. The molecule has 1 saturated carbocycles. The van der Waals surface area contributed by atoms with Gasteiger partial charge in [0, 0.05) is 10.9 Å². The van der Waals surface area contributed by atoms with Gasteiger partial charge in [0.15, 0.2) is 5.13 Å². The lowest BCUT2D eigenvalue weighted by atomic mass is 9.79. The van der Waals surface area contributed by atoms with Gasteiger partial charge in [-0.15, -0.1) is 11.3 Å². The van der Waals surface area contributed by atoms with Crippen LogP contribution in [-0.4, -0.2) is 22.0 Å². The van der Waals surface area contributed by atoms with Crippen molar-refractivity contribution in [1.82, 2.24) is 4.98 Å². The second kappa shape index (κ2) is 6.91. The smallest absolute Gasteiger partial charge is 0.307 e. The van der Waals surface area contributed by atoms with E-state index in [4.69, 9.17) is 0 Å². The van der Waals surface area contributed by atoms with Gasteiger partial charge < -0.3 is 10.4 Å². The van der Waals surface area contributed by atoms with Gasteiger partial charge in [-0.05, 0) is 12.8 Å². The molecule has 1 fully saturated rings. The predicted molar refractivity (Wildman–Crippen MR) is 89.3 cm³/mol. The first-order valence-corrected chi connectivity index (χ1v) is 8.58. The molecule has 2 atom stereocenters. The zero-order chi connectivity index (χ0) is 16.2. The van der Waals surface area contributed by atoms with Crippen molar-refractivity contribution >= 4 is 28.3 Å². The molecule has 1 aromatic heterocycles. The summed E-state index contributed by atoms with van der Waals surface area (Å²) in [6.07, 6.45) is 2.96. The number of thiazole rings is 1. The van der Waals surface area contributed by atoms with E-state index in [0.29, 0.717) is 18.0 Å². The molecule has 0 aliphatic heterocycles. The Balaban J connectivity index is 1.70. The van der Waals surface area contributed by atoms with Crippen LogP contribution in [0.4, 0.5) is 5.13 Å². The van der Waals surface area contributed by atoms with E-state index in [2.05, 4.69) is 10.3 Å². The fourth-order valence-electron chi connectivity index (χ4n) is 3.01. The number of nitrogens with zero attached hydrogens (tertiary/aromatic N) is 1. The molecule has 2 unspecified atom stereocenters. The van der Waals surface area contributed by atoms with Crippen LogP contribution in [0.25, 0.3) is 11.3 Å². The van der Waals surface area contributed by atoms with Gasteiger partial charge in [0.1, 0.15) is 0 Å². The number of hydrogen-bond acceptors (Lipinski definition) is 4. The highest BCUT2D eigenvalue weighted by Gasteiger charge is 2.35. The van der Waals surface area contributed by atoms with Gasteiger partial charge in [0.25, 0.3) is 0 Å². The number of carboxylic acid groups (broad SMARTS) is 1. The summed E-state index contributed by atoms with van der Waals surface area (Å²) in [5.74, 6) is -2.16. The van der Waals surface area contributed by atoms with Crippen molar-refractivity contribution in [1.29, 1.82) is 0 Å². The number of carbonyl (C=O) groups excluding carboxylic acids is 1. The van der Waals surface area contributed by atoms with E-state index in [9.17, 15) is 14.7 Å². The Kier molecular flexibility index (Phi) is 4.71. The molecule has 1 amide bonds. The first-order chi connectivity index (χ1) is 11.1. The van der Waals surface area contributed by atoms with Crippen LogP contribution in [0.2, 0.25) is 0 Å². The van der Waals surface area contributed by atoms with Gasteiger partial charge in [-0.2, -0.15) is 0 Å². The summed E-state index contributed by atoms with van der Waals surface area (Å²) in [6.45, 7) is 0. The van der Waals surface area contributed by atoms with Crippen molar-refractivity contribution in [3.63, 3.8) is 0 Å². The summed E-state index contributed by atoms with van der Waals surface area (Å²) in [5, 5.41) is 14.5. The summed E-state index contributed by atoms with van der Waals surface area (Å²) in [4.78, 5) is 28.2. The van der Waals surface area contributed by atoms with Gasteiger partial charge in [0.05, 0.1) is 17.5 Å². The normalized spacial score (nSPS) is 20.9. The van der Waals surface area contributed by atoms with E-state index >= 15 is 0 Å². The van der Waals surface area contributed by atoms with Crippen molar-refractivity contribution in [3.8, 4) is 11.3 Å². The van der Waals surface area contributed by atoms with Gasteiger partial charge in [0.2, 0.25) is 5.91 Å². The highest BCUT2D eigenvalue weighted by molar-refractivity contribution is 7.14. The predicted octanol–water partition coefficient (Wildman–Crippen LogP) is 3.64. The number of benzene rings is 1. The van der Waals surface area contributed by atoms with Crippen LogP contribution in [0, 0.1) is 11.8 Å². The Bertz CT molecular complexity index is 699. The molecule has 1 aromatic carbocycles. The number of hydrogen-bond donors (Lipinski definition) is 2. The van der Waals surface area contributed by atoms with Gasteiger partial charge in [-0.25, -0.2) is 4.98 Å². The molecule has 120 valence electrons. The Morgan fingerprint density at radius 3 is 2.52 bits per heavy atom. The molecule has 23 heavy (non-hydrogen) atoms. The molecular formula is C17H18N2O3S. The lowest BCUT2D eigenvalue weighted by Gasteiger charge is -2.26. The third-order valence-corrected chi connectivity index (χ3v) is 4.98. The number of aromatic nitrogens is 1. The average Bonchev–Trinajstić information content (AvgIpc) is 3.04. The molecule has 0 spiro atoms. The number of aliphatic carboxylic acids is 1. The van der Waals surface area contributed by atoms with E-state index in [1.807, 2.05) is 35.7 Å². The van der Waals surface area contributed by atoms with Crippen LogP contribution in [0.1, 0.15) is 25.7 Å². The second-order valence-electron chi connectivity index (χ2n) is 5.73. The fourth-order valence-corrected chi connectivity index (χ4v) is 3.73. The third-order valence-electron chi connectivity index (χ3n) is 4.22. The Hall–Kier alpha value is -2.21.